The fourth-order valence-corrected chi connectivity index (χ4v) is 2.56. The van der Waals surface area contributed by atoms with E-state index in [4.69, 9.17) is 16.7 Å². The van der Waals surface area contributed by atoms with Gasteiger partial charge in [-0.3, -0.25) is 0 Å². The minimum absolute atomic E-state index is 0.164. The molecule has 0 spiro atoms. The molecule has 0 amide bonds. The second kappa shape index (κ2) is 5.58. The van der Waals surface area contributed by atoms with Gasteiger partial charge >= 0.3 is 0 Å². The first-order valence-corrected chi connectivity index (χ1v) is 6.59. The van der Waals surface area contributed by atoms with E-state index >= 15 is 0 Å². The lowest BCUT2D eigenvalue weighted by molar-refractivity contribution is 0.287. The SMILES string of the molecule is Cc1cc(-c2ccc(Cl)s2)nc(CCCO)n1. The molecular weight excluding hydrogens is 256 g/mol. The Morgan fingerprint density at radius 3 is 2.82 bits per heavy atom. The number of thiophene rings is 1. The topological polar surface area (TPSA) is 46.0 Å². The van der Waals surface area contributed by atoms with E-state index in [-0.39, 0.29) is 6.61 Å². The zero-order valence-electron chi connectivity index (χ0n) is 9.48. The molecule has 2 heterocycles. The Kier molecular flexibility index (Phi) is 4.10. The van der Waals surface area contributed by atoms with Gasteiger partial charge in [-0.25, -0.2) is 9.97 Å². The van der Waals surface area contributed by atoms with Crippen LogP contribution in [0, 0.1) is 6.92 Å². The molecule has 0 aliphatic heterocycles. The fourth-order valence-electron chi connectivity index (χ4n) is 1.56. The molecule has 2 aromatic heterocycles. The maximum Gasteiger partial charge on any atom is 0.129 e. The average Bonchev–Trinajstić information content (AvgIpc) is 2.72. The third-order valence-corrected chi connectivity index (χ3v) is 3.54. The monoisotopic (exact) mass is 268 g/mol. The lowest BCUT2D eigenvalue weighted by Gasteiger charge is -2.03. The first-order chi connectivity index (χ1) is 8.19. The van der Waals surface area contributed by atoms with Gasteiger partial charge in [0.2, 0.25) is 0 Å². The van der Waals surface area contributed by atoms with Crippen molar-refractivity contribution in [1.82, 2.24) is 9.97 Å². The number of nitrogens with zero attached hydrogens (tertiary/aromatic N) is 2. The fraction of sp³-hybridized carbons (Fsp3) is 0.333. The molecule has 0 bridgehead atoms. The van der Waals surface area contributed by atoms with Gasteiger partial charge in [0.15, 0.2) is 0 Å². The number of aromatic nitrogens is 2. The molecular formula is C12H13ClN2OS. The Labute approximate surface area is 109 Å². The number of rotatable bonds is 4. The highest BCUT2D eigenvalue weighted by Crippen LogP contribution is 2.30. The van der Waals surface area contributed by atoms with Crippen LogP contribution in [-0.4, -0.2) is 21.7 Å². The van der Waals surface area contributed by atoms with E-state index in [1.807, 2.05) is 25.1 Å². The number of aliphatic hydroxyl groups is 1. The van der Waals surface area contributed by atoms with Crippen LogP contribution in [0.5, 0.6) is 0 Å². The summed E-state index contributed by atoms with van der Waals surface area (Å²) in [5, 5.41) is 8.82. The summed E-state index contributed by atoms with van der Waals surface area (Å²) < 4.78 is 0.758. The van der Waals surface area contributed by atoms with Gasteiger partial charge in [-0.05, 0) is 31.5 Å². The number of hydrogen-bond donors (Lipinski definition) is 1. The molecule has 0 unspecified atom stereocenters. The summed E-state index contributed by atoms with van der Waals surface area (Å²) in [7, 11) is 0. The van der Waals surface area contributed by atoms with E-state index < -0.39 is 0 Å². The average molecular weight is 269 g/mol. The van der Waals surface area contributed by atoms with Gasteiger partial charge in [0.25, 0.3) is 0 Å². The molecule has 0 saturated carbocycles. The Morgan fingerprint density at radius 1 is 1.35 bits per heavy atom. The zero-order valence-corrected chi connectivity index (χ0v) is 11.1. The molecule has 0 aromatic carbocycles. The predicted octanol–water partition coefficient (Wildman–Crippen LogP) is 3.09. The molecule has 3 nitrogen and oxygen atoms in total. The molecule has 0 fully saturated rings. The van der Waals surface area contributed by atoms with Crippen LogP contribution >= 0.6 is 22.9 Å². The largest absolute Gasteiger partial charge is 0.396 e. The molecule has 17 heavy (non-hydrogen) atoms. The van der Waals surface area contributed by atoms with E-state index in [1.54, 1.807) is 0 Å². The molecule has 0 radical (unpaired) electrons. The van der Waals surface area contributed by atoms with Crippen molar-refractivity contribution in [2.45, 2.75) is 19.8 Å². The molecule has 2 aromatic rings. The number of aliphatic hydroxyl groups excluding tert-OH is 1. The number of halogens is 1. The minimum Gasteiger partial charge on any atom is -0.396 e. The van der Waals surface area contributed by atoms with Gasteiger partial charge in [-0.2, -0.15) is 0 Å². The van der Waals surface area contributed by atoms with Gasteiger partial charge in [-0.1, -0.05) is 11.6 Å². The van der Waals surface area contributed by atoms with Crippen molar-refractivity contribution in [2.75, 3.05) is 6.61 Å². The van der Waals surface area contributed by atoms with Crippen LogP contribution in [0.1, 0.15) is 17.9 Å². The third kappa shape index (κ3) is 3.25. The van der Waals surface area contributed by atoms with E-state index in [1.165, 1.54) is 11.3 Å². The number of hydrogen-bond acceptors (Lipinski definition) is 4. The highest BCUT2D eigenvalue weighted by Gasteiger charge is 2.07. The van der Waals surface area contributed by atoms with Crippen molar-refractivity contribution < 1.29 is 5.11 Å². The van der Waals surface area contributed by atoms with E-state index in [0.717, 1.165) is 26.4 Å². The van der Waals surface area contributed by atoms with Crippen molar-refractivity contribution in [2.24, 2.45) is 0 Å². The summed E-state index contributed by atoms with van der Waals surface area (Å²) in [5.41, 5.74) is 1.84. The summed E-state index contributed by atoms with van der Waals surface area (Å²) in [6.45, 7) is 2.11. The van der Waals surface area contributed by atoms with Gasteiger partial charge in [0.05, 0.1) is 14.9 Å². The maximum absolute atomic E-state index is 8.82. The van der Waals surface area contributed by atoms with Crippen LogP contribution in [0.25, 0.3) is 10.6 Å². The summed E-state index contributed by atoms with van der Waals surface area (Å²) in [6.07, 6.45) is 1.39. The minimum atomic E-state index is 0.164. The highest BCUT2D eigenvalue weighted by molar-refractivity contribution is 7.19. The van der Waals surface area contributed by atoms with Crippen molar-refractivity contribution >= 4 is 22.9 Å². The normalized spacial score (nSPS) is 10.8. The Balaban J connectivity index is 2.31. The van der Waals surface area contributed by atoms with Gasteiger partial charge in [0, 0.05) is 18.7 Å². The molecule has 2 rings (SSSR count). The lowest BCUT2D eigenvalue weighted by Crippen LogP contribution is -2.00. The first-order valence-electron chi connectivity index (χ1n) is 5.40. The first kappa shape index (κ1) is 12.5. The van der Waals surface area contributed by atoms with E-state index in [0.29, 0.717) is 12.8 Å². The van der Waals surface area contributed by atoms with Gasteiger partial charge in [0.1, 0.15) is 5.82 Å². The predicted molar refractivity (Wildman–Crippen MR) is 70.5 cm³/mol. The van der Waals surface area contributed by atoms with E-state index in [9.17, 15) is 0 Å². The summed E-state index contributed by atoms with van der Waals surface area (Å²) in [5.74, 6) is 0.776. The van der Waals surface area contributed by atoms with Crippen LogP contribution in [0.4, 0.5) is 0 Å². The zero-order chi connectivity index (χ0) is 12.3. The Bertz CT molecular complexity index is 513. The van der Waals surface area contributed by atoms with Crippen molar-refractivity contribution in [3.05, 3.63) is 34.1 Å². The van der Waals surface area contributed by atoms with Crippen LogP contribution < -0.4 is 0 Å². The summed E-state index contributed by atoms with van der Waals surface area (Å²) in [6, 6.07) is 5.78. The van der Waals surface area contributed by atoms with Crippen LogP contribution in [0.3, 0.4) is 0 Å². The standard InChI is InChI=1S/C12H13ClN2OS/c1-8-7-9(10-4-5-11(13)17-10)15-12(14-8)3-2-6-16/h4-5,7,16H,2-3,6H2,1H3. The van der Waals surface area contributed by atoms with Crippen molar-refractivity contribution in [3.63, 3.8) is 0 Å². The smallest absolute Gasteiger partial charge is 0.129 e. The summed E-state index contributed by atoms with van der Waals surface area (Å²) in [4.78, 5) is 9.88. The molecule has 1 N–H and O–H groups in total. The molecule has 0 atom stereocenters. The van der Waals surface area contributed by atoms with Gasteiger partial charge < -0.3 is 5.11 Å². The molecule has 5 heteroatoms. The molecule has 90 valence electrons. The second-order valence-electron chi connectivity index (χ2n) is 3.74. The molecule has 0 aliphatic carbocycles. The summed E-state index contributed by atoms with van der Waals surface area (Å²) >= 11 is 7.42. The maximum atomic E-state index is 8.82. The lowest BCUT2D eigenvalue weighted by atomic mass is 10.2. The van der Waals surface area contributed by atoms with Crippen LogP contribution in [0.15, 0.2) is 18.2 Å². The number of aryl methyl sites for hydroxylation is 2. The molecule has 0 saturated heterocycles. The Hall–Kier alpha value is -0.970. The quantitative estimate of drug-likeness (QED) is 0.927. The Morgan fingerprint density at radius 2 is 2.18 bits per heavy atom. The van der Waals surface area contributed by atoms with Crippen molar-refractivity contribution in [3.8, 4) is 10.6 Å². The highest BCUT2D eigenvalue weighted by atomic mass is 35.5. The molecule has 0 aliphatic rings. The second-order valence-corrected chi connectivity index (χ2v) is 5.46. The van der Waals surface area contributed by atoms with Crippen molar-refractivity contribution in [1.29, 1.82) is 0 Å². The van der Waals surface area contributed by atoms with Crippen LogP contribution in [0.2, 0.25) is 4.34 Å². The third-order valence-electron chi connectivity index (χ3n) is 2.28. The van der Waals surface area contributed by atoms with E-state index in [2.05, 4.69) is 9.97 Å². The van der Waals surface area contributed by atoms with Crippen LogP contribution in [-0.2, 0) is 6.42 Å². The van der Waals surface area contributed by atoms with Gasteiger partial charge in [-0.15, -0.1) is 11.3 Å².